The summed E-state index contributed by atoms with van der Waals surface area (Å²) >= 11 is 1.94. The molecule has 0 aromatic heterocycles. The number of benzene rings is 1. The van der Waals surface area contributed by atoms with Gasteiger partial charge in [-0.15, -0.1) is 0 Å². The predicted molar refractivity (Wildman–Crippen MR) is 74.8 cm³/mol. The van der Waals surface area contributed by atoms with Gasteiger partial charge in [0, 0.05) is 29.0 Å². The molecule has 0 radical (unpaired) electrons. The number of rotatable bonds is 5. The van der Waals surface area contributed by atoms with E-state index in [1.165, 1.54) is 17.5 Å². The lowest BCUT2D eigenvalue weighted by atomic mass is 10.0. The van der Waals surface area contributed by atoms with E-state index in [1.54, 1.807) is 0 Å². The van der Waals surface area contributed by atoms with Gasteiger partial charge in [0.2, 0.25) is 0 Å². The number of fused-ring (bicyclic) bond motifs is 1. The van der Waals surface area contributed by atoms with Crippen LogP contribution in [0, 0.1) is 0 Å². The minimum absolute atomic E-state index is 0.0852. The van der Waals surface area contributed by atoms with Crippen LogP contribution in [-0.4, -0.2) is 17.6 Å². The molecule has 2 nitrogen and oxygen atoms in total. The molecule has 0 bridgehead atoms. The summed E-state index contributed by atoms with van der Waals surface area (Å²) in [6.07, 6.45) is 2.22. The molecule has 2 N–H and O–H groups in total. The van der Waals surface area contributed by atoms with E-state index in [0.717, 1.165) is 24.5 Å². The summed E-state index contributed by atoms with van der Waals surface area (Å²) in [5, 5.41) is 0.679. The molecule has 17 heavy (non-hydrogen) atoms. The molecule has 3 heteroatoms. The smallest absolute Gasteiger partial charge is 0.127 e. The third-order valence-electron chi connectivity index (χ3n) is 3.28. The van der Waals surface area contributed by atoms with Gasteiger partial charge in [0.25, 0.3) is 0 Å². The van der Waals surface area contributed by atoms with Gasteiger partial charge in [-0.1, -0.05) is 32.0 Å². The van der Waals surface area contributed by atoms with Crippen molar-refractivity contribution in [2.75, 3.05) is 12.4 Å². The van der Waals surface area contributed by atoms with Crippen LogP contribution < -0.4 is 10.5 Å². The van der Waals surface area contributed by atoms with Crippen molar-refractivity contribution in [1.29, 1.82) is 0 Å². The highest BCUT2D eigenvalue weighted by atomic mass is 32.2. The van der Waals surface area contributed by atoms with Crippen molar-refractivity contribution in [3.63, 3.8) is 0 Å². The molecule has 2 rings (SSSR count). The van der Waals surface area contributed by atoms with Crippen LogP contribution in [0.3, 0.4) is 0 Å². The van der Waals surface area contributed by atoms with Crippen LogP contribution in [-0.2, 0) is 6.42 Å². The van der Waals surface area contributed by atoms with Gasteiger partial charge >= 0.3 is 0 Å². The number of hydrogen-bond donors (Lipinski definition) is 1. The number of para-hydroxylation sites is 1. The normalized spacial score (nSPS) is 17.4. The highest BCUT2D eigenvalue weighted by Gasteiger charge is 2.20. The van der Waals surface area contributed by atoms with E-state index in [4.69, 9.17) is 10.5 Å². The molecule has 1 aromatic rings. The maximum atomic E-state index is 6.27. The molecule has 2 atom stereocenters. The van der Waals surface area contributed by atoms with Gasteiger partial charge in [0.15, 0.2) is 0 Å². The van der Waals surface area contributed by atoms with Gasteiger partial charge in [-0.2, -0.15) is 11.8 Å². The van der Waals surface area contributed by atoms with Crippen LogP contribution in [0.15, 0.2) is 18.2 Å². The lowest BCUT2D eigenvalue weighted by Crippen LogP contribution is -2.15. The van der Waals surface area contributed by atoms with E-state index in [9.17, 15) is 0 Å². The first-order valence-corrected chi connectivity index (χ1v) is 7.39. The average molecular weight is 251 g/mol. The van der Waals surface area contributed by atoms with Gasteiger partial charge < -0.3 is 10.5 Å². The van der Waals surface area contributed by atoms with Crippen LogP contribution >= 0.6 is 11.8 Å². The lowest BCUT2D eigenvalue weighted by molar-refractivity contribution is 0.352. The van der Waals surface area contributed by atoms with Crippen LogP contribution in [0.2, 0.25) is 0 Å². The maximum absolute atomic E-state index is 6.27. The first kappa shape index (κ1) is 12.8. The summed E-state index contributed by atoms with van der Waals surface area (Å²) < 4.78 is 5.69. The molecule has 1 aliphatic heterocycles. The Bertz CT molecular complexity index is 380. The fourth-order valence-electron chi connectivity index (χ4n) is 2.01. The standard InChI is InChI=1S/C14H21NOS/c1-3-10(2)17-9-13(15)12-6-4-5-11-7-8-16-14(11)12/h4-6,10,13H,3,7-9,15H2,1-2H3. The fourth-order valence-corrected chi connectivity index (χ4v) is 2.96. The monoisotopic (exact) mass is 251 g/mol. The Morgan fingerprint density at radius 1 is 1.47 bits per heavy atom. The highest BCUT2D eigenvalue weighted by molar-refractivity contribution is 7.99. The second kappa shape index (κ2) is 5.78. The molecular formula is C14H21NOS. The van der Waals surface area contributed by atoms with Crippen molar-refractivity contribution < 1.29 is 4.74 Å². The minimum Gasteiger partial charge on any atom is -0.493 e. The second-order valence-electron chi connectivity index (χ2n) is 4.59. The Kier molecular flexibility index (Phi) is 4.35. The summed E-state index contributed by atoms with van der Waals surface area (Å²) in [6.45, 7) is 5.27. The fraction of sp³-hybridized carbons (Fsp3) is 0.571. The molecule has 0 saturated heterocycles. The van der Waals surface area contributed by atoms with Crippen LogP contribution in [0.4, 0.5) is 0 Å². The predicted octanol–water partition coefficient (Wildman–Crippen LogP) is 3.15. The van der Waals surface area contributed by atoms with Crippen LogP contribution in [0.25, 0.3) is 0 Å². The summed E-state index contributed by atoms with van der Waals surface area (Å²) in [4.78, 5) is 0. The molecule has 0 aliphatic carbocycles. The summed E-state index contributed by atoms with van der Waals surface area (Å²) in [5.41, 5.74) is 8.76. The topological polar surface area (TPSA) is 35.2 Å². The minimum atomic E-state index is 0.0852. The van der Waals surface area contributed by atoms with Gasteiger partial charge in [0.05, 0.1) is 6.61 Å². The molecule has 1 heterocycles. The van der Waals surface area contributed by atoms with Crippen molar-refractivity contribution in [3.05, 3.63) is 29.3 Å². The number of ether oxygens (including phenoxy) is 1. The summed E-state index contributed by atoms with van der Waals surface area (Å²) in [6, 6.07) is 6.42. The maximum Gasteiger partial charge on any atom is 0.127 e. The van der Waals surface area contributed by atoms with Crippen molar-refractivity contribution in [2.24, 2.45) is 5.73 Å². The number of hydrogen-bond acceptors (Lipinski definition) is 3. The van der Waals surface area contributed by atoms with Gasteiger partial charge in [0.1, 0.15) is 5.75 Å². The second-order valence-corrected chi connectivity index (χ2v) is 6.06. The zero-order valence-corrected chi connectivity index (χ0v) is 11.4. The molecule has 0 fully saturated rings. The third kappa shape index (κ3) is 2.96. The molecule has 2 unspecified atom stereocenters. The Balaban J connectivity index is 2.04. The lowest BCUT2D eigenvalue weighted by Gasteiger charge is -2.17. The van der Waals surface area contributed by atoms with Crippen LogP contribution in [0.5, 0.6) is 5.75 Å². The Morgan fingerprint density at radius 3 is 3.06 bits per heavy atom. The zero-order chi connectivity index (χ0) is 12.3. The molecule has 1 aliphatic rings. The van der Waals surface area contributed by atoms with Crippen molar-refractivity contribution in [2.45, 2.75) is 38.0 Å². The van der Waals surface area contributed by atoms with Gasteiger partial charge in [-0.25, -0.2) is 0 Å². The van der Waals surface area contributed by atoms with E-state index in [1.807, 2.05) is 11.8 Å². The first-order chi connectivity index (χ1) is 8.22. The summed E-state index contributed by atoms with van der Waals surface area (Å²) in [5.74, 6) is 2.01. The zero-order valence-electron chi connectivity index (χ0n) is 10.6. The Morgan fingerprint density at radius 2 is 2.29 bits per heavy atom. The molecule has 94 valence electrons. The molecular weight excluding hydrogens is 230 g/mol. The largest absolute Gasteiger partial charge is 0.493 e. The quantitative estimate of drug-likeness (QED) is 0.873. The van der Waals surface area contributed by atoms with Crippen LogP contribution in [0.1, 0.15) is 37.4 Å². The average Bonchev–Trinajstić information content (AvgIpc) is 2.83. The van der Waals surface area contributed by atoms with Crippen molar-refractivity contribution >= 4 is 11.8 Å². The highest BCUT2D eigenvalue weighted by Crippen LogP contribution is 2.34. The molecule has 0 spiro atoms. The van der Waals surface area contributed by atoms with E-state index in [-0.39, 0.29) is 6.04 Å². The van der Waals surface area contributed by atoms with Gasteiger partial charge in [-0.05, 0) is 12.0 Å². The Labute approximate surface area is 108 Å². The van der Waals surface area contributed by atoms with E-state index in [2.05, 4.69) is 32.0 Å². The van der Waals surface area contributed by atoms with Crippen molar-refractivity contribution in [1.82, 2.24) is 0 Å². The first-order valence-electron chi connectivity index (χ1n) is 6.34. The van der Waals surface area contributed by atoms with E-state index in [0.29, 0.717) is 5.25 Å². The summed E-state index contributed by atoms with van der Waals surface area (Å²) in [7, 11) is 0. The third-order valence-corrected chi connectivity index (χ3v) is 4.73. The molecule has 1 aromatic carbocycles. The van der Waals surface area contributed by atoms with Gasteiger partial charge in [-0.3, -0.25) is 0 Å². The van der Waals surface area contributed by atoms with E-state index < -0.39 is 0 Å². The Hall–Kier alpha value is -0.670. The molecule has 0 saturated carbocycles. The molecule has 0 amide bonds. The van der Waals surface area contributed by atoms with Crippen molar-refractivity contribution in [3.8, 4) is 5.75 Å². The number of nitrogens with two attached hydrogens (primary N) is 1. The number of thioether (sulfide) groups is 1. The van der Waals surface area contributed by atoms with E-state index >= 15 is 0 Å². The SMILES string of the molecule is CCC(C)SCC(N)c1cccc2c1OCC2.